The summed E-state index contributed by atoms with van der Waals surface area (Å²) in [6, 6.07) is 8.94. The summed E-state index contributed by atoms with van der Waals surface area (Å²) in [6.45, 7) is 3.83. The van der Waals surface area contributed by atoms with Crippen molar-refractivity contribution in [3.63, 3.8) is 0 Å². The fourth-order valence-corrected chi connectivity index (χ4v) is 4.65. The second kappa shape index (κ2) is 10.8. The predicted octanol–water partition coefficient (Wildman–Crippen LogP) is 3.20. The van der Waals surface area contributed by atoms with E-state index in [-0.39, 0.29) is 18.1 Å². The first kappa shape index (κ1) is 24.6. The monoisotopic (exact) mass is 640 g/mol. The van der Waals surface area contributed by atoms with Crippen LogP contribution in [0.3, 0.4) is 0 Å². The predicted molar refractivity (Wildman–Crippen MR) is 140 cm³/mol. The fraction of sp³-hybridized carbons (Fsp3) is 0.304. The molecule has 0 unspecified atom stereocenters. The Balaban J connectivity index is 1.57. The Morgan fingerprint density at radius 3 is 2.79 bits per heavy atom. The lowest BCUT2D eigenvalue weighted by Gasteiger charge is -2.27. The summed E-state index contributed by atoms with van der Waals surface area (Å²) in [5, 5.41) is 4.84. The van der Waals surface area contributed by atoms with E-state index >= 15 is 0 Å². The number of aryl methyl sites for hydroxylation is 1. The van der Waals surface area contributed by atoms with Crippen LogP contribution in [0.5, 0.6) is 11.5 Å². The number of benzene rings is 2. The number of carbonyl (C=O) groups is 1. The van der Waals surface area contributed by atoms with E-state index in [4.69, 9.17) is 14.2 Å². The lowest BCUT2D eigenvalue weighted by atomic mass is 10.2. The molecule has 1 saturated heterocycles. The second-order valence-electron chi connectivity index (χ2n) is 7.50. The zero-order valence-corrected chi connectivity index (χ0v) is 22.3. The molecule has 1 aromatic heterocycles. The van der Waals surface area contributed by atoms with Crippen LogP contribution in [0, 0.1) is 10.5 Å². The van der Waals surface area contributed by atoms with Crippen LogP contribution in [0.25, 0.3) is 10.9 Å². The van der Waals surface area contributed by atoms with Crippen LogP contribution in [-0.2, 0) is 9.53 Å². The lowest BCUT2D eigenvalue weighted by molar-refractivity contribution is -0.137. The van der Waals surface area contributed by atoms with Crippen molar-refractivity contribution in [3.8, 4) is 11.5 Å². The number of rotatable bonds is 6. The Kier molecular flexibility index (Phi) is 7.84. The van der Waals surface area contributed by atoms with E-state index in [0.717, 1.165) is 8.04 Å². The highest BCUT2D eigenvalue weighted by Crippen LogP contribution is 2.33. The summed E-state index contributed by atoms with van der Waals surface area (Å²) in [4.78, 5) is 31.6. The molecule has 9 nitrogen and oxygen atoms in total. The molecule has 0 aliphatic carbocycles. The van der Waals surface area contributed by atoms with E-state index in [9.17, 15) is 9.59 Å². The molecule has 0 atom stereocenters. The summed E-state index contributed by atoms with van der Waals surface area (Å²) in [5.74, 6) is 1.32. The average molecular weight is 641 g/mol. The van der Waals surface area contributed by atoms with Gasteiger partial charge in [-0.3, -0.25) is 9.59 Å². The number of hydrogen-bond donors (Lipinski definition) is 0. The smallest absolute Gasteiger partial charge is 0.282 e. The van der Waals surface area contributed by atoms with Crippen molar-refractivity contribution in [2.45, 2.75) is 6.92 Å². The number of morpholine rings is 1. The van der Waals surface area contributed by atoms with Crippen LogP contribution in [0.15, 0.2) is 44.7 Å². The minimum atomic E-state index is -0.261. The largest absolute Gasteiger partial charge is 0.493 e. The van der Waals surface area contributed by atoms with E-state index in [1.54, 1.807) is 36.2 Å². The van der Waals surface area contributed by atoms with Crippen LogP contribution >= 0.6 is 38.5 Å². The minimum Gasteiger partial charge on any atom is -0.493 e. The average Bonchev–Trinajstić information content (AvgIpc) is 2.83. The molecule has 11 heteroatoms. The summed E-state index contributed by atoms with van der Waals surface area (Å²) >= 11 is 5.51. The third-order valence-corrected chi connectivity index (χ3v) is 6.54. The third kappa shape index (κ3) is 5.41. The molecule has 1 fully saturated rings. The second-order valence-corrected chi connectivity index (χ2v) is 9.58. The lowest BCUT2D eigenvalue weighted by Crippen LogP contribution is -2.43. The molecule has 0 saturated carbocycles. The quantitative estimate of drug-likeness (QED) is 0.303. The Labute approximate surface area is 218 Å². The third-order valence-electron chi connectivity index (χ3n) is 5.25. The summed E-state index contributed by atoms with van der Waals surface area (Å²) < 4.78 is 19.4. The number of hydrogen-bond acceptors (Lipinski definition) is 7. The zero-order chi connectivity index (χ0) is 24.2. The highest BCUT2D eigenvalue weighted by atomic mass is 127. The van der Waals surface area contributed by atoms with Crippen LogP contribution in [0.1, 0.15) is 11.4 Å². The van der Waals surface area contributed by atoms with Gasteiger partial charge in [0.2, 0.25) is 0 Å². The van der Waals surface area contributed by atoms with Crippen LogP contribution in [-0.4, -0.2) is 66.7 Å². The Hall–Kier alpha value is -2.51. The number of ether oxygens (including phenoxy) is 3. The molecule has 2 heterocycles. The van der Waals surface area contributed by atoms with E-state index < -0.39 is 0 Å². The molecule has 0 radical (unpaired) electrons. The van der Waals surface area contributed by atoms with Crippen molar-refractivity contribution in [2.75, 3.05) is 40.0 Å². The van der Waals surface area contributed by atoms with Gasteiger partial charge in [-0.25, -0.2) is 4.98 Å². The fourth-order valence-electron chi connectivity index (χ4n) is 3.51. The highest BCUT2D eigenvalue weighted by Gasteiger charge is 2.19. The molecule has 0 bridgehead atoms. The van der Waals surface area contributed by atoms with E-state index in [1.807, 2.05) is 12.1 Å². The van der Waals surface area contributed by atoms with Crippen molar-refractivity contribution in [3.05, 3.63) is 60.1 Å². The maximum Gasteiger partial charge on any atom is 0.282 e. The van der Waals surface area contributed by atoms with Gasteiger partial charge in [0, 0.05) is 17.6 Å². The van der Waals surface area contributed by atoms with E-state index in [1.165, 1.54) is 11.8 Å². The number of aromatic nitrogens is 2. The molecule has 1 aliphatic heterocycles. The Bertz CT molecular complexity index is 1320. The molecule has 0 spiro atoms. The number of nitrogens with zero attached hydrogens (tertiary/aromatic N) is 4. The Morgan fingerprint density at radius 1 is 1.29 bits per heavy atom. The number of amides is 1. The topological polar surface area (TPSA) is 95.2 Å². The molecule has 1 aliphatic rings. The van der Waals surface area contributed by atoms with Gasteiger partial charge in [0.15, 0.2) is 18.1 Å². The van der Waals surface area contributed by atoms with Gasteiger partial charge in [0.25, 0.3) is 11.5 Å². The molecule has 3 aromatic rings. The standard InChI is InChI=1S/C23H22BrIN4O5/c1-14-27-19-4-3-16(24)11-17(19)23(31)29(14)26-12-15-9-18(25)22(20(10-15)32-2)34-13-21(30)28-5-7-33-8-6-28/h3-4,9-12H,5-8,13H2,1-2H3. The van der Waals surface area contributed by atoms with Crippen LogP contribution in [0.4, 0.5) is 0 Å². The molecule has 4 rings (SSSR count). The molecule has 0 N–H and O–H groups in total. The molecular formula is C23H22BrIN4O5. The van der Waals surface area contributed by atoms with Crippen molar-refractivity contribution in [2.24, 2.45) is 5.10 Å². The SMILES string of the molecule is COc1cc(C=Nn2c(C)nc3ccc(Br)cc3c2=O)cc(I)c1OCC(=O)N1CCOCC1. The normalized spacial score (nSPS) is 14.1. The van der Waals surface area contributed by atoms with Gasteiger partial charge in [-0.05, 0) is 65.4 Å². The first-order valence-electron chi connectivity index (χ1n) is 10.5. The molecular weight excluding hydrogens is 619 g/mol. The van der Waals surface area contributed by atoms with Crippen molar-refractivity contribution in [1.82, 2.24) is 14.6 Å². The van der Waals surface area contributed by atoms with Crippen LogP contribution in [0.2, 0.25) is 0 Å². The summed E-state index contributed by atoms with van der Waals surface area (Å²) in [7, 11) is 1.53. The van der Waals surface area contributed by atoms with E-state index in [0.29, 0.717) is 60.1 Å². The van der Waals surface area contributed by atoms with Gasteiger partial charge in [0.05, 0.1) is 41.0 Å². The maximum absolute atomic E-state index is 12.9. The van der Waals surface area contributed by atoms with Crippen molar-refractivity contribution < 1.29 is 19.0 Å². The van der Waals surface area contributed by atoms with E-state index in [2.05, 4.69) is 48.6 Å². The summed E-state index contributed by atoms with van der Waals surface area (Å²) in [5.41, 5.74) is 1.05. The number of halogens is 2. The minimum absolute atomic E-state index is 0.0906. The van der Waals surface area contributed by atoms with Crippen molar-refractivity contribution in [1.29, 1.82) is 0 Å². The number of carbonyl (C=O) groups excluding carboxylic acids is 1. The van der Waals surface area contributed by atoms with Gasteiger partial charge >= 0.3 is 0 Å². The van der Waals surface area contributed by atoms with Crippen LogP contribution < -0.4 is 15.0 Å². The maximum atomic E-state index is 12.9. The Morgan fingerprint density at radius 2 is 2.06 bits per heavy atom. The molecule has 34 heavy (non-hydrogen) atoms. The van der Waals surface area contributed by atoms with Gasteiger partial charge in [-0.2, -0.15) is 9.78 Å². The first-order valence-corrected chi connectivity index (χ1v) is 12.3. The highest BCUT2D eigenvalue weighted by molar-refractivity contribution is 14.1. The number of methoxy groups -OCH3 is 1. The van der Waals surface area contributed by atoms with Gasteiger partial charge < -0.3 is 19.1 Å². The summed E-state index contributed by atoms with van der Waals surface area (Å²) in [6.07, 6.45) is 1.56. The van der Waals surface area contributed by atoms with Gasteiger partial charge in [-0.15, -0.1) is 0 Å². The van der Waals surface area contributed by atoms with Gasteiger partial charge in [0.1, 0.15) is 5.82 Å². The number of fused-ring (bicyclic) bond motifs is 1. The molecule has 1 amide bonds. The molecule has 2 aromatic carbocycles. The zero-order valence-electron chi connectivity index (χ0n) is 18.6. The van der Waals surface area contributed by atoms with Crippen molar-refractivity contribution >= 4 is 61.5 Å². The van der Waals surface area contributed by atoms with Gasteiger partial charge in [-0.1, -0.05) is 15.9 Å². The molecule has 178 valence electrons. The first-order chi connectivity index (χ1) is 16.4.